The number of likely N-dealkylation sites (N-methyl/N-ethyl adjacent to an activating group) is 1. The van der Waals surface area contributed by atoms with E-state index in [1.165, 1.54) is 128 Å². The van der Waals surface area contributed by atoms with E-state index in [1.54, 1.807) is 0 Å². The SMILES string of the molecule is CC/C=C\C/C=C\C/C=C\C/C=C\C/C=C\C/C=C\C/C=C\C/C=C\C/C=C\C/C=C\C/C=C\CCCCCCCC(=O)OC(COC(=O)CCCCCCCCCCCCCCCCCCCCCCCC/C=C\C/C=C\C/C=C\C/C=C\C/C=C\C/C=C\CC)COC(OCC[N+](C)(C)C)C(=O)[O-]. The molecule has 0 N–H and O–H groups in total. The second-order valence-electron chi connectivity index (χ2n) is 28.7. The van der Waals surface area contributed by atoms with Crippen molar-refractivity contribution in [2.45, 2.75) is 334 Å². The number of quaternary nitrogens is 1. The van der Waals surface area contributed by atoms with Gasteiger partial charge in [-0.05, 0) is 148 Å². The number of allylic oxidation sites excluding steroid dienone is 34. The van der Waals surface area contributed by atoms with Gasteiger partial charge in [-0.3, -0.25) is 9.59 Å². The lowest BCUT2D eigenvalue weighted by Gasteiger charge is -2.26. The predicted molar refractivity (Wildman–Crippen MR) is 453 cm³/mol. The van der Waals surface area contributed by atoms with Crippen LogP contribution in [0, 0.1) is 0 Å². The monoisotopic (exact) mass is 1450 g/mol. The van der Waals surface area contributed by atoms with Crippen LogP contribution >= 0.6 is 0 Å². The van der Waals surface area contributed by atoms with Gasteiger partial charge in [0, 0.05) is 12.8 Å². The van der Waals surface area contributed by atoms with Gasteiger partial charge in [0.2, 0.25) is 0 Å². The molecule has 592 valence electrons. The van der Waals surface area contributed by atoms with E-state index in [9.17, 15) is 19.5 Å². The zero-order valence-corrected chi connectivity index (χ0v) is 67.8. The molecule has 9 heteroatoms. The van der Waals surface area contributed by atoms with Gasteiger partial charge >= 0.3 is 11.9 Å². The molecule has 0 radical (unpaired) electrons. The van der Waals surface area contributed by atoms with Crippen LogP contribution in [-0.2, 0) is 33.3 Å². The van der Waals surface area contributed by atoms with Crippen molar-refractivity contribution in [1.29, 1.82) is 0 Å². The Hall–Kier alpha value is -6.13. The smallest absolute Gasteiger partial charge is 0.306 e. The molecule has 0 aromatic heterocycles. The molecule has 0 bridgehead atoms. The molecule has 0 aromatic carbocycles. The normalized spacial score (nSPS) is 13.7. The standard InChI is InChI=1S/C96H155NO8/c1-6-8-10-12-14-16-18-20-22-24-26-28-30-32-34-36-38-40-42-44-46-47-49-50-52-54-56-58-60-62-64-66-68-70-72-74-76-78-80-82-84-86-93(98)103-90-92(91-104-96(95(100)101)102-89-88-97(3,4)5)105-94(99)87-85-83-81-79-77-75-73-71-69-67-65-63-61-59-57-55-53-51-48-45-43-41-39-37-35-33-31-29-27-25-23-21-19-17-15-13-11-9-7-2/h8-11,14-17,20-23,26-29,32-35,38-41,45,48,53,55,59,61,65,67,71,73,92,96H,6-7,12-13,18-19,24-25,30-31,36-37,42-44,46-47,49-52,54,56-58,60,62-64,66,68-70,72,74-91H2,1-5H3/b10-8-,11-9-,16-14-,17-15-,22-20-,23-21-,28-26-,29-27-,34-32-,35-33-,40-38-,41-39-,48-45-,55-53-,61-59-,67-65-,73-71-. The number of carbonyl (C=O) groups is 3. The van der Waals surface area contributed by atoms with Gasteiger partial charge in [0.15, 0.2) is 12.4 Å². The second kappa shape index (κ2) is 83.5. The summed E-state index contributed by atoms with van der Waals surface area (Å²) < 4.78 is 22.8. The molecule has 0 rings (SSSR count). The van der Waals surface area contributed by atoms with Crippen LogP contribution in [0.2, 0.25) is 0 Å². The number of esters is 2. The third-order valence-corrected chi connectivity index (χ3v) is 17.5. The molecular weight excluding hydrogens is 1300 g/mol. The Kier molecular flexibility index (Phi) is 78.6. The first-order valence-corrected chi connectivity index (χ1v) is 42.2. The Bertz CT molecular complexity index is 2500. The average molecular weight is 1450 g/mol. The quantitative estimate of drug-likeness (QED) is 0.0195. The van der Waals surface area contributed by atoms with E-state index in [0.717, 1.165) is 161 Å². The summed E-state index contributed by atoms with van der Waals surface area (Å²) in [6.07, 6.45) is 127. The van der Waals surface area contributed by atoms with Crippen molar-refractivity contribution in [2.75, 3.05) is 47.5 Å². The van der Waals surface area contributed by atoms with Crippen molar-refractivity contribution >= 4 is 17.9 Å². The van der Waals surface area contributed by atoms with Gasteiger partial charge in [0.1, 0.15) is 13.2 Å². The van der Waals surface area contributed by atoms with Gasteiger partial charge in [-0.2, -0.15) is 0 Å². The number of carboxylic acids is 1. The van der Waals surface area contributed by atoms with Crippen LogP contribution in [0.3, 0.4) is 0 Å². The van der Waals surface area contributed by atoms with E-state index < -0.39 is 24.3 Å². The van der Waals surface area contributed by atoms with E-state index in [0.29, 0.717) is 17.4 Å². The Labute approximate surface area is 645 Å². The van der Waals surface area contributed by atoms with Crippen molar-refractivity contribution in [3.05, 3.63) is 207 Å². The topological polar surface area (TPSA) is 111 Å². The van der Waals surface area contributed by atoms with E-state index in [1.807, 2.05) is 21.1 Å². The van der Waals surface area contributed by atoms with Crippen molar-refractivity contribution in [2.24, 2.45) is 0 Å². The highest BCUT2D eigenvalue weighted by Gasteiger charge is 2.22. The number of unbranched alkanes of at least 4 members (excludes halogenated alkanes) is 27. The maximum atomic E-state index is 13.0. The van der Waals surface area contributed by atoms with Gasteiger partial charge in [-0.15, -0.1) is 0 Å². The molecule has 0 aliphatic rings. The number of aliphatic carboxylic acids is 1. The predicted octanol–water partition coefficient (Wildman–Crippen LogP) is 26.5. The minimum atomic E-state index is -1.64. The lowest BCUT2D eigenvalue weighted by Crippen LogP contribution is -2.44. The molecule has 0 aromatic rings. The first-order chi connectivity index (χ1) is 51.6. The van der Waals surface area contributed by atoms with Crippen molar-refractivity contribution in [3.8, 4) is 0 Å². The van der Waals surface area contributed by atoms with E-state index in [4.69, 9.17) is 18.9 Å². The lowest BCUT2D eigenvalue weighted by atomic mass is 10.0. The molecule has 2 atom stereocenters. The van der Waals surface area contributed by atoms with Crippen LogP contribution in [0.25, 0.3) is 0 Å². The number of carboxylic acid groups (broad SMARTS) is 1. The number of ether oxygens (including phenoxy) is 4. The maximum Gasteiger partial charge on any atom is 0.306 e. The molecular formula is C96H155NO8. The molecule has 105 heavy (non-hydrogen) atoms. The third-order valence-electron chi connectivity index (χ3n) is 17.5. The third kappa shape index (κ3) is 85.0. The number of nitrogens with zero attached hydrogens (tertiary/aromatic N) is 1. The van der Waals surface area contributed by atoms with Gasteiger partial charge in [0.05, 0.1) is 40.3 Å². The van der Waals surface area contributed by atoms with Crippen molar-refractivity contribution in [3.63, 3.8) is 0 Å². The van der Waals surface area contributed by atoms with Crippen LogP contribution in [0.1, 0.15) is 322 Å². The summed E-state index contributed by atoms with van der Waals surface area (Å²) in [5, 5.41) is 11.9. The number of hydrogen-bond donors (Lipinski definition) is 0. The molecule has 0 spiro atoms. The number of hydrogen-bond acceptors (Lipinski definition) is 8. The highest BCUT2D eigenvalue weighted by atomic mass is 16.7. The van der Waals surface area contributed by atoms with Gasteiger partial charge < -0.3 is 33.3 Å². The van der Waals surface area contributed by atoms with Crippen LogP contribution in [0.4, 0.5) is 0 Å². The maximum absolute atomic E-state index is 13.0. The minimum absolute atomic E-state index is 0.135. The largest absolute Gasteiger partial charge is 0.545 e. The number of carbonyl (C=O) groups excluding carboxylic acids is 3. The molecule has 0 aliphatic heterocycles. The van der Waals surface area contributed by atoms with Crippen LogP contribution < -0.4 is 5.11 Å². The van der Waals surface area contributed by atoms with Crippen LogP contribution in [0.5, 0.6) is 0 Å². The van der Waals surface area contributed by atoms with E-state index in [2.05, 4.69) is 220 Å². The summed E-state index contributed by atoms with van der Waals surface area (Å²) in [6, 6.07) is 0. The van der Waals surface area contributed by atoms with Crippen molar-refractivity contribution in [1.82, 2.24) is 0 Å². The highest BCUT2D eigenvalue weighted by Crippen LogP contribution is 2.18. The minimum Gasteiger partial charge on any atom is -0.545 e. The fourth-order valence-corrected chi connectivity index (χ4v) is 11.2. The Morgan fingerprint density at radius 1 is 0.286 bits per heavy atom. The molecule has 0 saturated carbocycles. The molecule has 0 saturated heterocycles. The zero-order valence-electron chi connectivity index (χ0n) is 67.8. The van der Waals surface area contributed by atoms with Gasteiger partial charge in [-0.25, -0.2) is 0 Å². The lowest BCUT2D eigenvalue weighted by molar-refractivity contribution is -0.870. The van der Waals surface area contributed by atoms with Crippen LogP contribution in [-0.4, -0.2) is 82.3 Å². The van der Waals surface area contributed by atoms with Crippen LogP contribution in [0.15, 0.2) is 207 Å². The summed E-state index contributed by atoms with van der Waals surface area (Å²) >= 11 is 0. The molecule has 9 nitrogen and oxygen atoms in total. The number of rotatable bonds is 76. The fraction of sp³-hybridized carbons (Fsp3) is 0.615. The summed E-state index contributed by atoms with van der Waals surface area (Å²) in [5.74, 6) is -2.32. The first-order valence-electron chi connectivity index (χ1n) is 42.2. The molecule has 0 heterocycles. The fourth-order valence-electron chi connectivity index (χ4n) is 11.2. The summed E-state index contributed by atoms with van der Waals surface area (Å²) in [7, 11) is 5.92. The van der Waals surface area contributed by atoms with E-state index in [-0.39, 0.29) is 38.6 Å². The zero-order chi connectivity index (χ0) is 76.0. The molecule has 0 aliphatic carbocycles. The molecule has 2 unspecified atom stereocenters. The van der Waals surface area contributed by atoms with Gasteiger partial charge in [-0.1, -0.05) is 368 Å². The molecule has 0 amide bonds. The Morgan fingerprint density at radius 2 is 0.514 bits per heavy atom. The second-order valence-corrected chi connectivity index (χ2v) is 28.7. The van der Waals surface area contributed by atoms with Gasteiger partial charge in [0.25, 0.3) is 0 Å². The summed E-state index contributed by atoms with van der Waals surface area (Å²) in [5.41, 5.74) is 0. The first kappa shape index (κ1) is 98.9. The Morgan fingerprint density at radius 3 is 0.762 bits per heavy atom. The summed E-state index contributed by atoms with van der Waals surface area (Å²) in [4.78, 5) is 37.7. The molecule has 0 fully saturated rings. The van der Waals surface area contributed by atoms with Crippen molar-refractivity contribution < 1.29 is 42.9 Å². The average Bonchev–Trinajstić information content (AvgIpc) is 1.97. The summed E-state index contributed by atoms with van der Waals surface area (Å²) in [6.45, 7) is 4.50. The highest BCUT2D eigenvalue weighted by molar-refractivity contribution is 5.70. The Balaban J connectivity index is 4.09. The van der Waals surface area contributed by atoms with E-state index >= 15 is 0 Å².